The summed E-state index contributed by atoms with van der Waals surface area (Å²) in [6, 6.07) is 4.22. The van der Waals surface area contributed by atoms with Gasteiger partial charge in [-0.15, -0.1) is 11.3 Å². The first-order valence-electron chi connectivity index (χ1n) is 6.23. The molecule has 2 aromatic heterocycles. The van der Waals surface area contributed by atoms with E-state index in [0.717, 1.165) is 12.8 Å². The largest absolute Gasteiger partial charge is 0.394 e. The molecule has 1 aliphatic heterocycles. The second-order valence-corrected chi connectivity index (χ2v) is 5.53. The lowest BCUT2D eigenvalue weighted by atomic mass is 10.3. The summed E-state index contributed by atoms with van der Waals surface area (Å²) >= 11 is 1.73. The van der Waals surface area contributed by atoms with E-state index >= 15 is 0 Å². The molecule has 2 unspecified atom stereocenters. The van der Waals surface area contributed by atoms with Crippen LogP contribution < -0.4 is 16.1 Å². The average Bonchev–Trinajstić information content (AvgIpc) is 3.01. The van der Waals surface area contributed by atoms with Crippen LogP contribution in [0.3, 0.4) is 0 Å². The highest BCUT2D eigenvalue weighted by atomic mass is 32.1. The molecule has 0 bridgehead atoms. The minimum Gasteiger partial charge on any atom is -0.394 e. The third-order valence-corrected chi connectivity index (χ3v) is 4.28. The van der Waals surface area contributed by atoms with Crippen LogP contribution in [0.15, 0.2) is 23.7 Å². The Hall–Kier alpha value is -1.08. The lowest BCUT2D eigenvalue weighted by Crippen LogP contribution is -2.52. The third kappa shape index (κ3) is 2.01. The molecule has 0 saturated carbocycles. The molecule has 1 fully saturated rings. The van der Waals surface area contributed by atoms with Crippen molar-refractivity contribution in [1.82, 2.24) is 9.99 Å². The van der Waals surface area contributed by atoms with Crippen molar-refractivity contribution in [2.75, 3.05) is 18.2 Å². The van der Waals surface area contributed by atoms with Gasteiger partial charge in [0.15, 0.2) is 0 Å². The number of nitrogens with one attached hydrogen (secondary N) is 1. The summed E-state index contributed by atoms with van der Waals surface area (Å²) in [6.45, 7) is 0.737. The Morgan fingerprint density at radius 2 is 2.39 bits per heavy atom. The summed E-state index contributed by atoms with van der Waals surface area (Å²) in [5.74, 6) is 0. The second kappa shape index (κ2) is 4.89. The second-order valence-electron chi connectivity index (χ2n) is 4.58. The van der Waals surface area contributed by atoms with Crippen LogP contribution in [0.25, 0.3) is 10.2 Å². The molecule has 2 aromatic rings. The number of aromatic nitrogens is 1. The molecular formula is C12H18N4OS. The maximum atomic E-state index is 9.27. The van der Waals surface area contributed by atoms with Crippen molar-refractivity contribution in [3.63, 3.8) is 0 Å². The SMILES string of the molecule is NC1CCC(N(CCO)n2ccc3sccc32)N1. The van der Waals surface area contributed by atoms with Gasteiger partial charge in [-0.1, -0.05) is 0 Å². The highest BCUT2D eigenvalue weighted by molar-refractivity contribution is 7.17. The van der Waals surface area contributed by atoms with E-state index in [1.165, 1.54) is 10.2 Å². The maximum absolute atomic E-state index is 9.27. The number of hydrogen-bond acceptors (Lipinski definition) is 5. The lowest BCUT2D eigenvalue weighted by Gasteiger charge is -2.32. The Bertz CT molecular complexity index is 523. The Kier molecular flexibility index (Phi) is 3.25. The fourth-order valence-corrected chi connectivity index (χ4v) is 3.34. The number of aliphatic hydroxyl groups excluding tert-OH is 1. The van der Waals surface area contributed by atoms with E-state index in [1.807, 2.05) is 0 Å². The number of fused-ring (bicyclic) bond motifs is 1. The van der Waals surface area contributed by atoms with Gasteiger partial charge in [0.1, 0.15) is 0 Å². The highest BCUT2D eigenvalue weighted by Gasteiger charge is 2.27. The first-order valence-corrected chi connectivity index (χ1v) is 7.11. The molecule has 0 aliphatic carbocycles. The normalized spacial score (nSPS) is 23.9. The van der Waals surface area contributed by atoms with Gasteiger partial charge in [0.05, 0.1) is 35.7 Å². The molecule has 3 rings (SSSR count). The molecular weight excluding hydrogens is 248 g/mol. The zero-order valence-electron chi connectivity index (χ0n) is 10.1. The molecule has 6 heteroatoms. The fraction of sp³-hybridized carbons (Fsp3) is 0.500. The molecule has 2 atom stereocenters. The van der Waals surface area contributed by atoms with Crippen LogP contribution in [0.5, 0.6) is 0 Å². The van der Waals surface area contributed by atoms with Gasteiger partial charge in [-0.25, -0.2) is 0 Å². The van der Waals surface area contributed by atoms with Crippen molar-refractivity contribution in [2.45, 2.75) is 25.2 Å². The number of rotatable bonds is 4. The standard InChI is InChI=1S/C12H18N4OS/c13-11-1-2-12(14-11)16(6-7-17)15-5-3-10-9(15)4-8-18-10/h3-5,8,11-12,14,17H,1-2,6-7,13H2. The molecule has 4 N–H and O–H groups in total. The van der Waals surface area contributed by atoms with Gasteiger partial charge in [0.2, 0.25) is 0 Å². The quantitative estimate of drug-likeness (QED) is 0.759. The van der Waals surface area contributed by atoms with Crippen LogP contribution in [0.1, 0.15) is 12.8 Å². The van der Waals surface area contributed by atoms with Crippen LogP contribution in [0.4, 0.5) is 0 Å². The predicted octanol–water partition coefficient (Wildman–Crippen LogP) is 0.627. The number of hydrogen-bond donors (Lipinski definition) is 3. The maximum Gasteiger partial charge on any atom is 0.0962 e. The molecule has 0 amide bonds. The summed E-state index contributed by atoms with van der Waals surface area (Å²) in [4.78, 5) is 0. The van der Waals surface area contributed by atoms with E-state index in [1.54, 1.807) is 11.3 Å². The minimum atomic E-state index is 0.0599. The van der Waals surface area contributed by atoms with Crippen molar-refractivity contribution in [3.8, 4) is 0 Å². The summed E-state index contributed by atoms with van der Waals surface area (Å²) in [5.41, 5.74) is 7.09. The van der Waals surface area contributed by atoms with Gasteiger partial charge < -0.3 is 10.8 Å². The van der Waals surface area contributed by atoms with Gasteiger partial charge in [-0.3, -0.25) is 15.0 Å². The van der Waals surface area contributed by atoms with Crippen molar-refractivity contribution >= 4 is 21.6 Å². The molecule has 0 spiro atoms. The highest BCUT2D eigenvalue weighted by Crippen LogP contribution is 2.23. The Morgan fingerprint density at radius 3 is 3.11 bits per heavy atom. The molecule has 5 nitrogen and oxygen atoms in total. The zero-order chi connectivity index (χ0) is 12.5. The summed E-state index contributed by atoms with van der Waals surface area (Å²) in [7, 11) is 0. The molecule has 98 valence electrons. The predicted molar refractivity (Wildman–Crippen MR) is 74.1 cm³/mol. The zero-order valence-corrected chi connectivity index (χ0v) is 10.9. The van der Waals surface area contributed by atoms with Crippen molar-refractivity contribution in [3.05, 3.63) is 23.7 Å². The summed E-state index contributed by atoms with van der Waals surface area (Å²) in [5, 5.41) is 16.9. The molecule has 18 heavy (non-hydrogen) atoms. The van der Waals surface area contributed by atoms with Gasteiger partial charge in [0.25, 0.3) is 0 Å². The Morgan fingerprint density at radius 1 is 1.50 bits per heavy atom. The molecule has 0 radical (unpaired) electrons. The smallest absolute Gasteiger partial charge is 0.0962 e. The van der Waals surface area contributed by atoms with E-state index in [0.29, 0.717) is 6.54 Å². The van der Waals surface area contributed by atoms with Crippen LogP contribution >= 0.6 is 11.3 Å². The number of aliphatic hydroxyl groups is 1. The Balaban J connectivity index is 1.91. The van der Waals surface area contributed by atoms with Crippen molar-refractivity contribution < 1.29 is 5.11 Å². The van der Waals surface area contributed by atoms with Crippen LogP contribution in [-0.2, 0) is 0 Å². The van der Waals surface area contributed by atoms with E-state index < -0.39 is 0 Å². The van der Waals surface area contributed by atoms with E-state index in [2.05, 4.69) is 38.7 Å². The molecule has 1 aliphatic rings. The number of nitrogens with two attached hydrogens (primary N) is 1. The Labute approximate surface area is 110 Å². The van der Waals surface area contributed by atoms with Crippen LogP contribution in [0, 0.1) is 0 Å². The lowest BCUT2D eigenvalue weighted by molar-refractivity contribution is 0.279. The van der Waals surface area contributed by atoms with E-state index in [-0.39, 0.29) is 18.9 Å². The molecule has 1 saturated heterocycles. The van der Waals surface area contributed by atoms with Gasteiger partial charge in [-0.05, 0) is 30.4 Å². The van der Waals surface area contributed by atoms with E-state index in [9.17, 15) is 5.11 Å². The fourth-order valence-electron chi connectivity index (χ4n) is 2.57. The first-order chi connectivity index (χ1) is 8.79. The molecule has 3 heterocycles. The summed E-state index contributed by atoms with van der Waals surface area (Å²) in [6.07, 6.45) is 4.29. The monoisotopic (exact) mass is 266 g/mol. The average molecular weight is 266 g/mol. The minimum absolute atomic E-state index is 0.0599. The molecule has 0 aromatic carbocycles. The van der Waals surface area contributed by atoms with Crippen molar-refractivity contribution in [2.24, 2.45) is 5.73 Å². The van der Waals surface area contributed by atoms with Gasteiger partial charge in [-0.2, -0.15) is 0 Å². The van der Waals surface area contributed by atoms with Gasteiger partial charge in [0, 0.05) is 6.20 Å². The van der Waals surface area contributed by atoms with E-state index in [4.69, 9.17) is 5.73 Å². The van der Waals surface area contributed by atoms with Gasteiger partial charge >= 0.3 is 0 Å². The topological polar surface area (TPSA) is 66.4 Å². The van der Waals surface area contributed by atoms with Crippen LogP contribution in [0.2, 0.25) is 0 Å². The first kappa shape index (κ1) is 12.0. The van der Waals surface area contributed by atoms with Crippen molar-refractivity contribution in [1.29, 1.82) is 0 Å². The number of nitrogens with zero attached hydrogens (tertiary/aromatic N) is 2. The summed E-state index contributed by atoms with van der Waals surface area (Å²) < 4.78 is 3.39. The number of thiophene rings is 1. The third-order valence-electron chi connectivity index (χ3n) is 3.41. The van der Waals surface area contributed by atoms with Crippen LogP contribution in [-0.4, -0.2) is 35.3 Å².